The lowest BCUT2D eigenvalue weighted by Crippen LogP contribution is -2.17. The van der Waals surface area contributed by atoms with Crippen molar-refractivity contribution in [1.29, 1.82) is 0 Å². The molecule has 0 aliphatic carbocycles. The molecule has 0 aliphatic rings. The molecular weight excluding hydrogens is 298 g/mol. The molecule has 6 heteroatoms. The van der Waals surface area contributed by atoms with Crippen LogP contribution in [-0.2, 0) is 13.0 Å². The van der Waals surface area contributed by atoms with E-state index in [1.165, 1.54) is 5.56 Å². The molecule has 2 aromatic heterocycles. The van der Waals surface area contributed by atoms with Crippen LogP contribution in [0.3, 0.4) is 0 Å². The highest BCUT2D eigenvalue weighted by molar-refractivity contribution is 7.07. The van der Waals surface area contributed by atoms with Crippen molar-refractivity contribution >= 4 is 11.3 Å². The number of benzene rings is 1. The molecule has 5 nitrogen and oxygen atoms in total. The van der Waals surface area contributed by atoms with Gasteiger partial charge in [0.05, 0.1) is 6.20 Å². The van der Waals surface area contributed by atoms with Crippen LogP contribution in [0.2, 0.25) is 0 Å². The summed E-state index contributed by atoms with van der Waals surface area (Å²) in [5, 5.41) is 31.5. The molecule has 0 radical (unpaired) electrons. The molecule has 0 saturated heterocycles. The van der Waals surface area contributed by atoms with Crippen molar-refractivity contribution < 1.29 is 10.2 Å². The Bertz CT molecular complexity index is 725. The highest BCUT2D eigenvalue weighted by Gasteiger charge is 2.12. The molecule has 0 spiro atoms. The number of phenolic OH excluding ortho intramolecular Hbond substituents is 1. The molecule has 0 fully saturated rings. The van der Waals surface area contributed by atoms with Crippen molar-refractivity contribution in [2.75, 3.05) is 6.61 Å². The molecule has 0 amide bonds. The summed E-state index contributed by atoms with van der Waals surface area (Å²) in [6, 6.07) is 9.01. The van der Waals surface area contributed by atoms with Gasteiger partial charge in [0, 0.05) is 24.6 Å². The van der Waals surface area contributed by atoms with Gasteiger partial charge in [-0.3, -0.25) is 4.68 Å². The molecule has 1 atom stereocenters. The van der Waals surface area contributed by atoms with E-state index < -0.39 is 0 Å². The van der Waals surface area contributed by atoms with Crippen LogP contribution in [0.4, 0.5) is 0 Å². The lowest BCUT2D eigenvalue weighted by molar-refractivity contribution is 0.205. The normalized spacial score (nSPS) is 12.4. The van der Waals surface area contributed by atoms with Gasteiger partial charge in [0.15, 0.2) is 0 Å². The first kappa shape index (κ1) is 14.7. The summed E-state index contributed by atoms with van der Waals surface area (Å²) < 4.78 is 1.74. The second kappa shape index (κ2) is 6.72. The van der Waals surface area contributed by atoms with Crippen LogP contribution in [0.15, 0.2) is 47.3 Å². The molecule has 1 aromatic carbocycles. The van der Waals surface area contributed by atoms with Gasteiger partial charge < -0.3 is 10.2 Å². The summed E-state index contributed by atoms with van der Waals surface area (Å²) in [5.41, 5.74) is 2.77. The summed E-state index contributed by atoms with van der Waals surface area (Å²) >= 11 is 1.66. The lowest BCUT2D eigenvalue weighted by Gasteiger charge is -2.12. The molecule has 0 aliphatic heterocycles. The molecule has 1 unspecified atom stereocenters. The van der Waals surface area contributed by atoms with Gasteiger partial charge in [-0.2, -0.15) is 11.3 Å². The first-order valence-corrected chi connectivity index (χ1v) is 8.00. The minimum absolute atomic E-state index is 0.105. The maximum atomic E-state index is 9.56. The van der Waals surface area contributed by atoms with Gasteiger partial charge in [-0.15, -0.1) is 5.10 Å². The number of nitrogens with zero attached hydrogens (tertiary/aromatic N) is 3. The van der Waals surface area contributed by atoms with E-state index in [1.54, 1.807) is 34.2 Å². The van der Waals surface area contributed by atoms with Gasteiger partial charge in [0.1, 0.15) is 11.4 Å². The number of aromatic nitrogens is 3. The Morgan fingerprint density at radius 3 is 2.91 bits per heavy atom. The number of hydrogen-bond donors (Lipinski definition) is 2. The predicted molar refractivity (Wildman–Crippen MR) is 85.7 cm³/mol. The molecule has 114 valence electrons. The molecule has 2 N–H and O–H groups in total. The van der Waals surface area contributed by atoms with Crippen molar-refractivity contribution in [3.63, 3.8) is 0 Å². The minimum atomic E-state index is 0.105. The molecule has 0 saturated carbocycles. The van der Waals surface area contributed by atoms with Crippen molar-refractivity contribution in [2.45, 2.75) is 13.0 Å². The fourth-order valence-corrected chi connectivity index (χ4v) is 3.06. The topological polar surface area (TPSA) is 71.2 Å². The van der Waals surface area contributed by atoms with Gasteiger partial charge >= 0.3 is 0 Å². The van der Waals surface area contributed by atoms with E-state index in [2.05, 4.69) is 21.8 Å². The second-order valence-corrected chi connectivity index (χ2v) is 6.04. The zero-order chi connectivity index (χ0) is 15.4. The monoisotopic (exact) mass is 315 g/mol. The Labute approximate surface area is 132 Å². The molecule has 2 heterocycles. The average Bonchev–Trinajstić information content (AvgIpc) is 3.18. The number of rotatable bonds is 6. The number of aliphatic hydroxyl groups excluding tert-OH is 1. The van der Waals surface area contributed by atoms with Crippen LogP contribution in [0, 0.1) is 5.92 Å². The fraction of sp³-hybridized carbons (Fsp3) is 0.250. The Balaban J connectivity index is 1.70. The third kappa shape index (κ3) is 3.52. The van der Waals surface area contributed by atoms with Crippen LogP contribution in [0.5, 0.6) is 5.75 Å². The number of phenols is 1. The van der Waals surface area contributed by atoms with E-state index in [1.807, 2.05) is 17.6 Å². The fourth-order valence-electron chi connectivity index (χ4n) is 2.38. The van der Waals surface area contributed by atoms with Gasteiger partial charge in [-0.05, 0) is 40.9 Å². The van der Waals surface area contributed by atoms with E-state index in [0.717, 1.165) is 12.0 Å². The van der Waals surface area contributed by atoms with Crippen LogP contribution in [-0.4, -0.2) is 31.8 Å². The van der Waals surface area contributed by atoms with Crippen LogP contribution in [0.25, 0.3) is 11.3 Å². The smallest absolute Gasteiger partial charge is 0.116 e. The third-order valence-electron chi connectivity index (χ3n) is 3.49. The Morgan fingerprint density at radius 2 is 2.18 bits per heavy atom. The highest BCUT2D eigenvalue weighted by Crippen LogP contribution is 2.21. The van der Waals surface area contributed by atoms with E-state index in [0.29, 0.717) is 12.2 Å². The molecule has 3 rings (SSSR count). The maximum Gasteiger partial charge on any atom is 0.116 e. The van der Waals surface area contributed by atoms with Crippen LogP contribution < -0.4 is 0 Å². The van der Waals surface area contributed by atoms with Crippen molar-refractivity contribution in [2.24, 2.45) is 5.92 Å². The molecule has 0 bridgehead atoms. The van der Waals surface area contributed by atoms with Crippen LogP contribution in [0.1, 0.15) is 5.56 Å². The Kier molecular flexibility index (Phi) is 4.50. The summed E-state index contributed by atoms with van der Waals surface area (Å²) in [5.74, 6) is 0.311. The summed E-state index contributed by atoms with van der Waals surface area (Å²) in [6.07, 6.45) is 2.66. The van der Waals surface area contributed by atoms with Gasteiger partial charge in [0.25, 0.3) is 0 Å². The number of aliphatic hydroxyl groups is 1. The summed E-state index contributed by atoms with van der Waals surface area (Å²) in [6.45, 7) is 0.718. The van der Waals surface area contributed by atoms with E-state index in [4.69, 9.17) is 0 Å². The van der Waals surface area contributed by atoms with E-state index >= 15 is 0 Å². The zero-order valence-corrected chi connectivity index (χ0v) is 12.8. The van der Waals surface area contributed by atoms with Gasteiger partial charge in [0.2, 0.25) is 0 Å². The molecular formula is C16H17N3O2S. The standard InChI is InChI=1S/C16H17N3O2S/c20-10-13(6-12-4-5-22-11-12)8-19-9-16(17-18-19)14-2-1-3-15(21)7-14/h1-5,7,9,11,13,20-21H,6,8,10H2. The van der Waals surface area contributed by atoms with E-state index in [9.17, 15) is 10.2 Å². The van der Waals surface area contributed by atoms with Crippen LogP contribution >= 0.6 is 11.3 Å². The van der Waals surface area contributed by atoms with Crippen molar-refractivity contribution in [3.8, 4) is 17.0 Å². The maximum absolute atomic E-state index is 9.56. The largest absolute Gasteiger partial charge is 0.508 e. The summed E-state index contributed by atoms with van der Waals surface area (Å²) in [7, 11) is 0. The summed E-state index contributed by atoms with van der Waals surface area (Å²) in [4.78, 5) is 0. The zero-order valence-electron chi connectivity index (χ0n) is 12.0. The molecule has 3 aromatic rings. The Morgan fingerprint density at radius 1 is 1.27 bits per heavy atom. The van der Waals surface area contributed by atoms with Gasteiger partial charge in [-0.25, -0.2) is 0 Å². The van der Waals surface area contributed by atoms with E-state index in [-0.39, 0.29) is 18.3 Å². The molecule has 22 heavy (non-hydrogen) atoms. The Hall–Kier alpha value is -2.18. The lowest BCUT2D eigenvalue weighted by atomic mass is 10.0. The number of hydrogen-bond acceptors (Lipinski definition) is 5. The minimum Gasteiger partial charge on any atom is -0.508 e. The number of aromatic hydroxyl groups is 1. The quantitative estimate of drug-likeness (QED) is 0.733. The predicted octanol–water partition coefficient (Wildman–Crippen LogP) is 2.56. The number of thiophene rings is 1. The first-order valence-electron chi connectivity index (χ1n) is 7.06. The first-order chi connectivity index (χ1) is 10.7. The van der Waals surface area contributed by atoms with Crippen molar-refractivity contribution in [1.82, 2.24) is 15.0 Å². The van der Waals surface area contributed by atoms with Gasteiger partial charge in [-0.1, -0.05) is 17.3 Å². The third-order valence-corrected chi connectivity index (χ3v) is 4.22. The van der Waals surface area contributed by atoms with Crippen molar-refractivity contribution in [3.05, 3.63) is 52.9 Å². The SMILES string of the molecule is OCC(Cc1ccsc1)Cn1cc(-c2cccc(O)c2)nn1. The highest BCUT2D eigenvalue weighted by atomic mass is 32.1. The average molecular weight is 315 g/mol. The second-order valence-electron chi connectivity index (χ2n) is 5.26.